The molecule has 0 radical (unpaired) electrons. The zero-order chi connectivity index (χ0) is 24.2. The molecule has 1 aliphatic carbocycles. The molecule has 0 unspecified atom stereocenters. The van der Waals surface area contributed by atoms with Crippen molar-refractivity contribution in [2.24, 2.45) is 0 Å². The molecule has 34 heavy (non-hydrogen) atoms. The molecule has 2 aromatic heterocycles. The molecule has 5 rings (SSSR count). The van der Waals surface area contributed by atoms with Crippen molar-refractivity contribution in [2.45, 2.75) is 50.5 Å². The van der Waals surface area contributed by atoms with E-state index in [1.807, 2.05) is 26.0 Å². The quantitative estimate of drug-likeness (QED) is 0.577. The molecule has 1 aliphatic heterocycles. The number of nitrogens with one attached hydrogen (secondary N) is 1. The molecule has 1 fully saturated rings. The third-order valence-corrected chi connectivity index (χ3v) is 7.56. The van der Waals surface area contributed by atoms with Crippen LogP contribution >= 0.6 is 0 Å². The topological polar surface area (TPSA) is 105 Å². The number of amides is 1. The van der Waals surface area contributed by atoms with Crippen LogP contribution in [-0.4, -0.2) is 47.5 Å². The van der Waals surface area contributed by atoms with E-state index in [0.29, 0.717) is 41.5 Å². The van der Waals surface area contributed by atoms with E-state index in [0.717, 1.165) is 41.2 Å². The van der Waals surface area contributed by atoms with Crippen molar-refractivity contribution in [3.63, 3.8) is 0 Å². The molecule has 3 aromatic rings. The maximum atomic E-state index is 12.9. The van der Waals surface area contributed by atoms with Gasteiger partial charge in [0, 0.05) is 31.6 Å². The zero-order valence-corrected chi connectivity index (χ0v) is 20.5. The lowest BCUT2D eigenvalue weighted by molar-refractivity contribution is 0.0817. The number of carbonyl (C=O) groups is 1. The second-order valence-corrected chi connectivity index (χ2v) is 11.3. The molecule has 0 spiro atoms. The van der Waals surface area contributed by atoms with Gasteiger partial charge in [-0.3, -0.25) is 19.7 Å². The summed E-state index contributed by atoms with van der Waals surface area (Å²) in [4.78, 5) is 28.5. The molecular formula is C25H27N5O3S. The number of carbonyl (C=O) groups excluding carboxylic acids is 1. The van der Waals surface area contributed by atoms with Gasteiger partial charge in [-0.05, 0) is 56.4 Å². The van der Waals surface area contributed by atoms with Gasteiger partial charge in [-0.15, -0.1) is 0 Å². The van der Waals surface area contributed by atoms with Crippen LogP contribution in [0.5, 0.6) is 0 Å². The zero-order valence-electron chi connectivity index (χ0n) is 19.7. The molecule has 1 amide bonds. The predicted molar refractivity (Wildman–Crippen MR) is 129 cm³/mol. The summed E-state index contributed by atoms with van der Waals surface area (Å²) in [5.74, 6) is 0.290. The number of hydrogen-bond acceptors (Lipinski definition) is 7. The minimum absolute atomic E-state index is 0.141. The fraction of sp³-hybridized carbons (Fsp3) is 0.360. The Hall–Kier alpha value is -3.33. The van der Waals surface area contributed by atoms with Gasteiger partial charge in [-0.25, -0.2) is 8.42 Å². The van der Waals surface area contributed by atoms with Crippen LogP contribution in [0.25, 0.3) is 0 Å². The molecule has 176 valence electrons. The second kappa shape index (κ2) is 8.16. The van der Waals surface area contributed by atoms with Crippen molar-refractivity contribution in [3.8, 4) is 0 Å². The molecule has 9 heteroatoms. The van der Waals surface area contributed by atoms with Gasteiger partial charge in [0.2, 0.25) is 0 Å². The Bertz CT molecular complexity index is 1430. The first-order valence-corrected chi connectivity index (χ1v) is 13.2. The lowest BCUT2D eigenvalue weighted by Gasteiger charge is -2.16. The second-order valence-electron chi connectivity index (χ2n) is 9.28. The Balaban J connectivity index is 1.57. The number of fused-ring (bicyclic) bond motifs is 1. The lowest BCUT2D eigenvalue weighted by Crippen LogP contribution is -2.18. The van der Waals surface area contributed by atoms with Crippen LogP contribution in [0.15, 0.2) is 35.4 Å². The Morgan fingerprint density at radius 1 is 1.06 bits per heavy atom. The van der Waals surface area contributed by atoms with E-state index in [-0.39, 0.29) is 10.8 Å². The molecule has 0 bridgehead atoms. The molecule has 1 N–H and O–H groups in total. The van der Waals surface area contributed by atoms with E-state index in [1.54, 1.807) is 30.3 Å². The first kappa shape index (κ1) is 22.5. The number of aromatic nitrogens is 3. The highest BCUT2D eigenvalue weighted by atomic mass is 32.2. The number of aryl methyl sites for hydroxylation is 2. The van der Waals surface area contributed by atoms with Gasteiger partial charge < -0.3 is 10.2 Å². The van der Waals surface area contributed by atoms with Crippen LogP contribution in [0.3, 0.4) is 0 Å². The predicted octanol–water partition coefficient (Wildman–Crippen LogP) is 3.69. The highest BCUT2D eigenvalue weighted by Gasteiger charge is 2.31. The summed E-state index contributed by atoms with van der Waals surface area (Å²) in [5, 5.41) is 3.26. The fourth-order valence-electron chi connectivity index (χ4n) is 4.31. The third kappa shape index (κ3) is 4.27. The summed E-state index contributed by atoms with van der Waals surface area (Å²) in [5.41, 5.74) is 6.44. The minimum Gasteiger partial charge on any atom is -0.354 e. The number of benzene rings is 1. The summed E-state index contributed by atoms with van der Waals surface area (Å²) in [6.07, 6.45) is 5.57. The summed E-state index contributed by atoms with van der Waals surface area (Å²) < 4.78 is 25.2. The third-order valence-electron chi connectivity index (χ3n) is 6.42. The van der Waals surface area contributed by atoms with Gasteiger partial charge in [0.1, 0.15) is 0 Å². The van der Waals surface area contributed by atoms with Gasteiger partial charge in [-0.1, -0.05) is 6.07 Å². The van der Waals surface area contributed by atoms with E-state index in [9.17, 15) is 13.2 Å². The van der Waals surface area contributed by atoms with Crippen LogP contribution in [0.4, 0.5) is 11.4 Å². The van der Waals surface area contributed by atoms with Gasteiger partial charge in [0.25, 0.3) is 5.91 Å². The van der Waals surface area contributed by atoms with Crippen LogP contribution < -0.4 is 5.32 Å². The molecule has 1 saturated carbocycles. The van der Waals surface area contributed by atoms with Crippen molar-refractivity contribution < 1.29 is 13.2 Å². The van der Waals surface area contributed by atoms with Crippen LogP contribution in [0.2, 0.25) is 0 Å². The first-order chi connectivity index (χ1) is 16.1. The summed E-state index contributed by atoms with van der Waals surface area (Å²) in [6, 6.07) is 7.34. The van der Waals surface area contributed by atoms with Gasteiger partial charge in [-0.2, -0.15) is 0 Å². The van der Waals surface area contributed by atoms with Gasteiger partial charge in [0.15, 0.2) is 9.84 Å². The Morgan fingerprint density at radius 2 is 1.82 bits per heavy atom. The molecule has 3 heterocycles. The monoisotopic (exact) mass is 477 g/mol. The van der Waals surface area contributed by atoms with Crippen molar-refractivity contribution >= 4 is 27.1 Å². The van der Waals surface area contributed by atoms with Gasteiger partial charge >= 0.3 is 0 Å². The highest BCUT2D eigenvalue weighted by molar-refractivity contribution is 7.90. The lowest BCUT2D eigenvalue weighted by atomic mass is 10.1. The Labute approximate surface area is 199 Å². The van der Waals surface area contributed by atoms with E-state index in [2.05, 4.69) is 15.3 Å². The standard InChI is InChI=1S/C25H27N5O3S/c1-14-15(2)27-19(12-26-14)10-18-11-21(24-22(28-18)13-30(3)25(24)31)29-20-8-7-17(16-5-6-16)9-23(20)34(4,32)33/h7-9,11-12,16H,5-6,10,13H2,1-4H3,(H,28,29). The average molecular weight is 478 g/mol. The molecule has 0 atom stereocenters. The maximum Gasteiger partial charge on any atom is 0.257 e. The van der Waals surface area contributed by atoms with E-state index in [4.69, 9.17) is 4.98 Å². The van der Waals surface area contributed by atoms with Crippen molar-refractivity contribution in [2.75, 3.05) is 18.6 Å². The highest BCUT2D eigenvalue weighted by Crippen LogP contribution is 2.42. The smallest absolute Gasteiger partial charge is 0.257 e. The van der Waals surface area contributed by atoms with Crippen LogP contribution in [0, 0.1) is 13.8 Å². The van der Waals surface area contributed by atoms with Crippen LogP contribution in [-0.2, 0) is 22.8 Å². The molecule has 8 nitrogen and oxygen atoms in total. The summed E-state index contributed by atoms with van der Waals surface area (Å²) >= 11 is 0. The Kier molecular flexibility index (Phi) is 5.39. The van der Waals surface area contributed by atoms with Crippen molar-refractivity contribution in [1.82, 2.24) is 19.9 Å². The van der Waals surface area contributed by atoms with Gasteiger partial charge in [0.05, 0.1) is 51.2 Å². The fourth-order valence-corrected chi connectivity index (χ4v) is 5.18. The van der Waals surface area contributed by atoms with E-state index < -0.39 is 9.84 Å². The number of hydrogen-bond donors (Lipinski definition) is 1. The number of nitrogens with zero attached hydrogens (tertiary/aromatic N) is 4. The summed E-state index contributed by atoms with van der Waals surface area (Å²) in [6.45, 7) is 4.23. The van der Waals surface area contributed by atoms with E-state index >= 15 is 0 Å². The molecular weight excluding hydrogens is 450 g/mol. The first-order valence-electron chi connectivity index (χ1n) is 11.3. The Morgan fingerprint density at radius 3 is 2.50 bits per heavy atom. The molecule has 1 aromatic carbocycles. The van der Waals surface area contributed by atoms with Crippen molar-refractivity contribution in [3.05, 3.63) is 70.1 Å². The number of sulfone groups is 1. The molecule has 2 aliphatic rings. The normalized spacial score (nSPS) is 15.5. The number of pyridine rings is 1. The van der Waals surface area contributed by atoms with Crippen molar-refractivity contribution in [1.29, 1.82) is 0 Å². The van der Waals surface area contributed by atoms with E-state index in [1.165, 1.54) is 6.26 Å². The maximum absolute atomic E-state index is 12.9. The minimum atomic E-state index is -3.48. The SMILES string of the molecule is Cc1ncc(Cc2cc(Nc3ccc(C4CC4)cc3S(C)(=O)=O)c3c(n2)CN(C)C3=O)nc1C. The number of rotatable bonds is 6. The number of anilines is 2. The molecule has 0 saturated heterocycles. The van der Waals surface area contributed by atoms with Crippen LogP contribution in [0.1, 0.15) is 63.2 Å². The largest absolute Gasteiger partial charge is 0.354 e. The summed E-state index contributed by atoms with van der Waals surface area (Å²) in [7, 11) is -1.75. The average Bonchev–Trinajstić information content (AvgIpc) is 3.57.